The largest absolute Gasteiger partial charge is 0.340 e. The Morgan fingerprint density at radius 1 is 0.944 bits per heavy atom. The minimum absolute atomic E-state index is 0.755. The van der Waals surface area contributed by atoms with Crippen LogP contribution in [-0.4, -0.2) is 15.0 Å². The molecule has 0 saturated carbocycles. The minimum atomic E-state index is 0.755. The van der Waals surface area contributed by atoms with E-state index in [4.69, 9.17) is 0 Å². The van der Waals surface area contributed by atoms with Crippen LogP contribution in [0.3, 0.4) is 0 Å². The third-order valence-electron chi connectivity index (χ3n) is 2.66. The van der Waals surface area contributed by atoms with Gasteiger partial charge in [-0.25, -0.2) is 9.97 Å². The van der Waals surface area contributed by atoms with Crippen LogP contribution in [-0.2, 0) is 0 Å². The van der Waals surface area contributed by atoms with Crippen LogP contribution in [0.15, 0.2) is 48.8 Å². The molecule has 4 nitrogen and oxygen atoms in total. The molecule has 1 N–H and O–H groups in total. The fourth-order valence-corrected chi connectivity index (χ4v) is 1.86. The molecule has 0 bridgehead atoms. The van der Waals surface area contributed by atoms with Crippen molar-refractivity contribution in [3.05, 3.63) is 54.6 Å². The molecule has 2 aromatic heterocycles. The van der Waals surface area contributed by atoms with E-state index in [0.717, 1.165) is 28.2 Å². The van der Waals surface area contributed by atoms with Crippen LogP contribution in [0.5, 0.6) is 0 Å². The topological polar surface area (TPSA) is 50.7 Å². The van der Waals surface area contributed by atoms with E-state index in [1.165, 1.54) is 0 Å². The zero-order valence-electron chi connectivity index (χ0n) is 9.96. The molecule has 4 heteroatoms. The first-order chi connectivity index (χ1) is 8.83. The van der Waals surface area contributed by atoms with Crippen molar-refractivity contribution in [1.82, 2.24) is 15.0 Å². The molecular formula is C14H12N4. The Labute approximate surface area is 105 Å². The summed E-state index contributed by atoms with van der Waals surface area (Å²) < 4.78 is 0. The molecule has 2 heterocycles. The highest BCUT2D eigenvalue weighted by atomic mass is 15.0. The summed E-state index contributed by atoms with van der Waals surface area (Å²) in [4.78, 5) is 12.9. The lowest BCUT2D eigenvalue weighted by molar-refractivity contribution is 1.09. The highest BCUT2D eigenvalue weighted by molar-refractivity contribution is 5.90. The van der Waals surface area contributed by atoms with Crippen molar-refractivity contribution in [2.75, 3.05) is 5.32 Å². The van der Waals surface area contributed by atoms with Crippen LogP contribution in [0.1, 0.15) is 5.82 Å². The van der Waals surface area contributed by atoms with Gasteiger partial charge in [0.05, 0.1) is 5.52 Å². The van der Waals surface area contributed by atoms with Gasteiger partial charge in [-0.2, -0.15) is 0 Å². The van der Waals surface area contributed by atoms with E-state index in [0.29, 0.717) is 0 Å². The van der Waals surface area contributed by atoms with Crippen molar-refractivity contribution in [3.63, 3.8) is 0 Å². The molecule has 3 rings (SSSR count). The number of hydrogen-bond donors (Lipinski definition) is 1. The summed E-state index contributed by atoms with van der Waals surface area (Å²) in [5.74, 6) is 1.58. The van der Waals surface area contributed by atoms with E-state index < -0.39 is 0 Å². The second-order valence-electron chi connectivity index (χ2n) is 4.00. The SMILES string of the molecule is Cc1nc(Nc2ccncc2)c2ccccc2n1. The Kier molecular flexibility index (Phi) is 2.61. The Morgan fingerprint density at radius 3 is 2.56 bits per heavy atom. The second kappa shape index (κ2) is 4.41. The molecule has 18 heavy (non-hydrogen) atoms. The number of pyridine rings is 1. The van der Waals surface area contributed by atoms with Crippen molar-refractivity contribution in [2.24, 2.45) is 0 Å². The number of fused-ring (bicyclic) bond motifs is 1. The van der Waals surface area contributed by atoms with E-state index in [-0.39, 0.29) is 0 Å². The van der Waals surface area contributed by atoms with Gasteiger partial charge in [0.15, 0.2) is 0 Å². The van der Waals surface area contributed by atoms with Crippen LogP contribution in [0.4, 0.5) is 11.5 Å². The molecule has 0 saturated heterocycles. The second-order valence-corrected chi connectivity index (χ2v) is 4.00. The van der Waals surface area contributed by atoms with Crippen molar-refractivity contribution < 1.29 is 0 Å². The van der Waals surface area contributed by atoms with Crippen LogP contribution < -0.4 is 5.32 Å². The van der Waals surface area contributed by atoms with Gasteiger partial charge in [0.25, 0.3) is 0 Å². The maximum Gasteiger partial charge on any atom is 0.142 e. The number of aromatic nitrogens is 3. The molecule has 0 radical (unpaired) electrons. The lowest BCUT2D eigenvalue weighted by atomic mass is 10.2. The first kappa shape index (κ1) is 10.7. The van der Waals surface area contributed by atoms with E-state index in [1.807, 2.05) is 43.3 Å². The minimum Gasteiger partial charge on any atom is -0.340 e. The molecule has 0 spiro atoms. The van der Waals surface area contributed by atoms with E-state index >= 15 is 0 Å². The molecule has 0 aliphatic rings. The molecule has 1 aromatic carbocycles. The third kappa shape index (κ3) is 2.00. The summed E-state index contributed by atoms with van der Waals surface area (Å²) in [5, 5.41) is 4.31. The van der Waals surface area contributed by atoms with Crippen LogP contribution >= 0.6 is 0 Å². The number of aryl methyl sites for hydroxylation is 1. The van der Waals surface area contributed by atoms with E-state index in [1.54, 1.807) is 12.4 Å². The van der Waals surface area contributed by atoms with Gasteiger partial charge in [0.2, 0.25) is 0 Å². The summed E-state index contributed by atoms with van der Waals surface area (Å²) in [6, 6.07) is 11.8. The van der Waals surface area contributed by atoms with Crippen LogP contribution in [0.25, 0.3) is 10.9 Å². The van der Waals surface area contributed by atoms with Crippen LogP contribution in [0, 0.1) is 6.92 Å². The summed E-state index contributed by atoms with van der Waals surface area (Å²) in [7, 11) is 0. The predicted octanol–water partition coefficient (Wildman–Crippen LogP) is 3.08. The van der Waals surface area contributed by atoms with Gasteiger partial charge in [-0.1, -0.05) is 12.1 Å². The Hall–Kier alpha value is -2.49. The van der Waals surface area contributed by atoms with Gasteiger partial charge < -0.3 is 5.32 Å². The first-order valence-electron chi connectivity index (χ1n) is 5.73. The van der Waals surface area contributed by atoms with Crippen LogP contribution in [0.2, 0.25) is 0 Å². The monoisotopic (exact) mass is 236 g/mol. The highest BCUT2D eigenvalue weighted by Gasteiger charge is 2.05. The molecule has 0 amide bonds. The van der Waals surface area contributed by atoms with Gasteiger partial charge in [-0.3, -0.25) is 4.98 Å². The van der Waals surface area contributed by atoms with Crippen molar-refractivity contribution >= 4 is 22.4 Å². The fraction of sp³-hybridized carbons (Fsp3) is 0.0714. The fourth-order valence-electron chi connectivity index (χ4n) is 1.86. The van der Waals surface area contributed by atoms with Crippen molar-refractivity contribution in [2.45, 2.75) is 6.92 Å². The number of rotatable bonds is 2. The Morgan fingerprint density at radius 2 is 1.72 bits per heavy atom. The Bertz CT molecular complexity index is 680. The molecule has 88 valence electrons. The normalized spacial score (nSPS) is 10.5. The lowest BCUT2D eigenvalue weighted by Gasteiger charge is -2.09. The molecule has 0 fully saturated rings. The average Bonchev–Trinajstić information content (AvgIpc) is 2.40. The van der Waals surface area contributed by atoms with E-state index in [2.05, 4.69) is 20.3 Å². The number of benzene rings is 1. The first-order valence-corrected chi connectivity index (χ1v) is 5.73. The summed E-state index contributed by atoms with van der Waals surface area (Å²) in [6.07, 6.45) is 3.50. The van der Waals surface area contributed by atoms with Crippen molar-refractivity contribution in [3.8, 4) is 0 Å². The molecule has 0 aliphatic carbocycles. The number of para-hydroxylation sites is 1. The standard InChI is InChI=1S/C14H12N4/c1-10-16-13-5-3-2-4-12(13)14(17-10)18-11-6-8-15-9-7-11/h2-9H,1H3,(H,15,16,17,18). The third-order valence-corrected chi connectivity index (χ3v) is 2.66. The highest BCUT2D eigenvalue weighted by Crippen LogP contribution is 2.23. The molecule has 0 atom stereocenters. The number of nitrogens with one attached hydrogen (secondary N) is 1. The Balaban J connectivity index is 2.11. The number of hydrogen-bond acceptors (Lipinski definition) is 4. The van der Waals surface area contributed by atoms with Gasteiger partial charge in [0.1, 0.15) is 11.6 Å². The molecule has 3 aromatic rings. The number of anilines is 2. The van der Waals surface area contributed by atoms with Gasteiger partial charge in [-0.05, 0) is 31.2 Å². The lowest BCUT2D eigenvalue weighted by Crippen LogP contribution is -1.98. The van der Waals surface area contributed by atoms with Crippen molar-refractivity contribution in [1.29, 1.82) is 0 Å². The summed E-state index contributed by atoms with van der Waals surface area (Å²) in [5.41, 5.74) is 1.91. The maximum atomic E-state index is 4.45. The molecule has 0 aliphatic heterocycles. The molecule has 0 unspecified atom stereocenters. The summed E-state index contributed by atoms with van der Waals surface area (Å²) >= 11 is 0. The summed E-state index contributed by atoms with van der Waals surface area (Å²) in [6.45, 7) is 1.89. The zero-order valence-corrected chi connectivity index (χ0v) is 9.96. The molecular weight excluding hydrogens is 224 g/mol. The predicted molar refractivity (Wildman–Crippen MR) is 71.8 cm³/mol. The van der Waals surface area contributed by atoms with Gasteiger partial charge >= 0.3 is 0 Å². The maximum absolute atomic E-state index is 4.45. The smallest absolute Gasteiger partial charge is 0.142 e. The number of nitrogens with zero attached hydrogens (tertiary/aromatic N) is 3. The van der Waals surface area contributed by atoms with E-state index in [9.17, 15) is 0 Å². The van der Waals surface area contributed by atoms with Gasteiger partial charge in [0, 0.05) is 23.5 Å². The quantitative estimate of drug-likeness (QED) is 0.742. The average molecular weight is 236 g/mol. The van der Waals surface area contributed by atoms with Gasteiger partial charge in [-0.15, -0.1) is 0 Å². The zero-order chi connectivity index (χ0) is 12.4.